The molecule has 9 heteroatoms. The molecule has 0 N–H and O–H groups in total. The highest BCUT2D eigenvalue weighted by molar-refractivity contribution is 6.06. The van der Waals surface area contributed by atoms with Gasteiger partial charge in [-0.25, -0.2) is 4.79 Å². The fourth-order valence-electron chi connectivity index (χ4n) is 5.02. The van der Waals surface area contributed by atoms with Crippen LogP contribution in [0.15, 0.2) is 24.3 Å². The molecular formula is C26H31F3N2O4. The molecule has 0 aliphatic heterocycles. The van der Waals surface area contributed by atoms with Gasteiger partial charge in [0.2, 0.25) is 0 Å². The molecule has 35 heavy (non-hydrogen) atoms. The molecule has 6 nitrogen and oxygen atoms in total. The summed E-state index contributed by atoms with van der Waals surface area (Å²) >= 11 is 0. The van der Waals surface area contributed by atoms with Crippen LogP contribution in [-0.4, -0.2) is 46.8 Å². The maximum Gasteiger partial charge on any atom is 0.416 e. The Kier molecular flexibility index (Phi) is 8.07. The Morgan fingerprint density at radius 3 is 2.17 bits per heavy atom. The van der Waals surface area contributed by atoms with E-state index < -0.39 is 23.6 Å². The van der Waals surface area contributed by atoms with Crippen LogP contribution in [0, 0.1) is 13.8 Å². The molecule has 2 aromatic rings. The predicted molar refractivity (Wildman–Crippen MR) is 125 cm³/mol. The highest BCUT2D eigenvalue weighted by Crippen LogP contribution is 2.31. The van der Waals surface area contributed by atoms with E-state index in [1.165, 1.54) is 12.0 Å². The van der Waals surface area contributed by atoms with E-state index in [2.05, 4.69) is 0 Å². The number of carbonyl (C=O) groups is 3. The van der Waals surface area contributed by atoms with Crippen molar-refractivity contribution in [3.63, 3.8) is 0 Å². The number of methoxy groups -OCH3 is 1. The molecule has 190 valence electrons. The molecule has 1 aliphatic rings. The predicted octanol–water partition coefficient (Wildman–Crippen LogP) is 5.59. The van der Waals surface area contributed by atoms with E-state index in [9.17, 15) is 27.6 Å². The van der Waals surface area contributed by atoms with Crippen LogP contribution >= 0.6 is 0 Å². The summed E-state index contributed by atoms with van der Waals surface area (Å²) < 4.78 is 45.5. The van der Waals surface area contributed by atoms with Gasteiger partial charge >= 0.3 is 12.1 Å². The lowest BCUT2D eigenvalue weighted by atomic mass is 9.93. The van der Waals surface area contributed by atoms with E-state index in [0.717, 1.165) is 56.4 Å². The highest BCUT2D eigenvalue weighted by Gasteiger charge is 2.33. The minimum atomic E-state index is -4.50. The summed E-state index contributed by atoms with van der Waals surface area (Å²) in [5.41, 5.74) is 1.04. The maximum atomic E-state index is 13.5. The lowest BCUT2D eigenvalue weighted by Crippen LogP contribution is -2.44. The van der Waals surface area contributed by atoms with Crippen molar-refractivity contribution in [2.75, 3.05) is 13.7 Å². The van der Waals surface area contributed by atoms with Gasteiger partial charge in [-0.1, -0.05) is 19.3 Å². The minimum Gasteiger partial charge on any atom is -0.464 e. The van der Waals surface area contributed by atoms with Gasteiger partial charge in [-0.2, -0.15) is 13.2 Å². The topological polar surface area (TPSA) is 68.6 Å². The maximum absolute atomic E-state index is 13.5. The number of hydrogen-bond donors (Lipinski definition) is 0. The van der Waals surface area contributed by atoms with E-state index in [1.807, 2.05) is 6.92 Å². The first-order valence-electron chi connectivity index (χ1n) is 11.8. The van der Waals surface area contributed by atoms with E-state index in [4.69, 9.17) is 4.74 Å². The van der Waals surface area contributed by atoms with Gasteiger partial charge < -0.3 is 14.2 Å². The summed E-state index contributed by atoms with van der Waals surface area (Å²) in [5.74, 6) is -1.34. The zero-order valence-electron chi connectivity index (χ0n) is 20.5. The number of nitrogens with zero attached hydrogens (tertiary/aromatic N) is 2. The zero-order chi connectivity index (χ0) is 25.9. The van der Waals surface area contributed by atoms with Gasteiger partial charge in [0.15, 0.2) is 5.78 Å². The lowest BCUT2D eigenvalue weighted by Gasteiger charge is -2.34. The number of benzene rings is 1. The molecule has 0 unspecified atom stereocenters. The Labute approximate surface area is 203 Å². The number of ether oxygens (including phenoxy) is 1. The number of alkyl halides is 3. The number of esters is 1. The number of halogens is 3. The first kappa shape index (κ1) is 26.5. The number of ketones is 1. The second-order valence-corrected chi connectivity index (χ2v) is 8.89. The van der Waals surface area contributed by atoms with E-state index in [-0.39, 0.29) is 23.9 Å². The van der Waals surface area contributed by atoms with Gasteiger partial charge in [-0.3, -0.25) is 9.59 Å². The quantitative estimate of drug-likeness (QED) is 0.373. The van der Waals surface area contributed by atoms with Crippen LogP contribution < -0.4 is 0 Å². The molecule has 0 bridgehead atoms. The van der Waals surface area contributed by atoms with Crippen molar-refractivity contribution in [2.45, 2.75) is 71.6 Å². The van der Waals surface area contributed by atoms with Gasteiger partial charge in [0.05, 0.1) is 19.2 Å². The third-order valence-electron chi connectivity index (χ3n) is 6.79. The second kappa shape index (κ2) is 10.7. The number of rotatable bonds is 7. The molecule has 1 fully saturated rings. The molecule has 1 saturated carbocycles. The van der Waals surface area contributed by atoms with Crippen molar-refractivity contribution in [2.24, 2.45) is 0 Å². The Morgan fingerprint density at radius 1 is 1.06 bits per heavy atom. The average molecular weight is 493 g/mol. The third kappa shape index (κ3) is 5.44. The molecule has 0 saturated heterocycles. The smallest absolute Gasteiger partial charge is 0.416 e. The van der Waals surface area contributed by atoms with Crippen molar-refractivity contribution < 1.29 is 32.3 Å². The van der Waals surface area contributed by atoms with Crippen molar-refractivity contribution in [3.8, 4) is 0 Å². The van der Waals surface area contributed by atoms with Gasteiger partial charge in [0, 0.05) is 29.4 Å². The summed E-state index contributed by atoms with van der Waals surface area (Å²) in [7, 11) is 1.28. The number of amides is 1. The van der Waals surface area contributed by atoms with Crippen LogP contribution in [0.25, 0.3) is 0 Å². The Balaban J connectivity index is 1.96. The van der Waals surface area contributed by atoms with Gasteiger partial charge in [-0.05, 0) is 63.4 Å². The van der Waals surface area contributed by atoms with Crippen molar-refractivity contribution in [1.82, 2.24) is 9.47 Å². The molecule has 1 heterocycles. The monoisotopic (exact) mass is 492 g/mol. The molecule has 1 aromatic carbocycles. The highest BCUT2D eigenvalue weighted by atomic mass is 19.4. The van der Waals surface area contributed by atoms with Crippen LogP contribution in [-0.2, 0) is 17.5 Å². The summed E-state index contributed by atoms with van der Waals surface area (Å²) in [4.78, 5) is 40.8. The fraction of sp³-hybridized carbons (Fsp3) is 0.500. The molecular weight excluding hydrogens is 461 g/mol. The number of aromatic nitrogens is 1. The van der Waals surface area contributed by atoms with E-state index in [0.29, 0.717) is 29.1 Å². The number of carbonyl (C=O) groups excluding carboxylic acids is 3. The lowest BCUT2D eigenvalue weighted by molar-refractivity contribution is -0.137. The van der Waals surface area contributed by atoms with Crippen molar-refractivity contribution >= 4 is 17.7 Å². The first-order valence-corrected chi connectivity index (χ1v) is 11.8. The Morgan fingerprint density at radius 2 is 1.66 bits per heavy atom. The minimum absolute atomic E-state index is 0.103. The van der Waals surface area contributed by atoms with Crippen LogP contribution in [0.5, 0.6) is 0 Å². The Bertz CT molecular complexity index is 1100. The zero-order valence-corrected chi connectivity index (χ0v) is 20.5. The van der Waals surface area contributed by atoms with Crippen molar-refractivity contribution in [3.05, 3.63) is 57.9 Å². The standard InChI is InChI=1S/C26H31F3N2O4/c1-5-30-17(3)22(16(2)23(30)25(34)35-4)21(32)15-31(20-9-7-6-8-10-20)24(33)18-11-13-19(14-12-18)26(27,28)29/h11-14,20H,5-10,15H2,1-4H3. The van der Waals surface area contributed by atoms with Crippen LogP contribution in [0.1, 0.15) is 87.1 Å². The number of Topliss-reactive ketones (excluding diaryl/α,β-unsaturated/α-hetero) is 1. The largest absolute Gasteiger partial charge is 0.464 e. The molecule has 0 radical (unpaired) electrons. The Hall–Kier alpha value is -3.10. The van der Waals surface area contributed by atoms with E-state index in [1.54, 1.807) is 18.4 Å². The molecule has 1 aliphatic carbocycles. The summed E-state index contributed by atoms with van der Waals surface area (Å²) in [6, 6.07) is 3.89. The SMILES string of the molecule is CCn1c(C)c(C(=O)CN(C(=O)c2ccc(C(F)(F)F)cc2)C2CCCCC2)c(C)c1C(=O)OC. The summed E-state index contributed by atoms with van der Waals surface area (Å²) in [6.45, 7) is 5.53. The van der Waals surface area contributed by atoms with Gasteiger partial charge in [0.25, 0.3) is 5.91 Å². The average Bonchev–Trinajstić information content (AvgIpc) is 3.10. The summed E-state index contributed by atoms with van der Waals surface area (Å²) in [5, 5.41) is 0. The van der Waals surface area contributed by atoms with Crippen molar-refractivity contribution in [1.29, 1.82) is 0 Å². The van der Waals surface area contributed by atoms with Crippen LogP contribution in [0.2, 0.25) is 0 Å². The third-order valence-corrected chi connectivity index (χ3v) is 6.79. The molecule has 0 atom stereocenters. The van der Waals surface area contributed by atoms with Gasteiger partial charge in [0.1, 0.15) is 5.69 Å². The summed E-state index contributed by atoms with van der Waals surface area (Å²) in [6.07, 6.45) is -0.201. The second-order valence-electron chi connectivity index (χ2n) is 8.89. The molecule has 1 amide bonds. The number of hydrogen-bond acceptors (Lipinski definition) is 4. The molecule has 1 aromatic heterocycles. The fourth-order valence-corrected chi connectivity index (χ4v) is 5.02. The van der Waals surface area contributed by atoms with E-state index >= 15 is 0 Å². The first-order chi connectivity index (χ1) is 16.5. The molecule has 3 rings (SSSR count). The van der Waals surface area contributed by atoms with Crippen LogP contribution in [0.4, 0.5) is 13.2 Å². The van der Waals surface area contributed by atoms with Gasteiger partial charge in [-0.15, -0.1) is 0 Å². The normalized spacial score (nSPS) is 14.6. The molecule has 0 spiro atoms. The van der Waals surface area contributed by atoms with Crippen LogP contribution in [0.3, 0.4) is 0 Å².